The second kappa shape index (κ2) is 7.24. The Kier molecular flexibility index (Phi) is 4.54. The van der Waals surface area contributed by atoms with Crippen molar-refractivity contribution in [1.82, 2.24) is 0 Å². The Balaban J connectivity index is 1.72. The fraction of sp³-hybridized carbons (Fsp3) is 0.259. The van der Waals surface area contributed by atoms with Gasteiger partial charge in [0.05, 0.1) is 0 Å². The van der Waals surface area contributed by atoms with Gasteiger partial charge in [-0.15, -0.1) is 0 Å². The molecule has 0 bridgehead atoms. The van der Waals surface area contributed by atoms with Crippen LogP contribution in [0.25, 0.3) is 10.8 Å². The molecule has 5 rings (SSSR count). The number of amides is 1. The number of nitrogens with zero attached hydrogens (tertiary/aromatic N) is 1. The number of fused-ring (bicyclic) bond motifs is 1. The van der Waals surface area contributed by atoms with Crippen molar-refractivity contribution in [2.24, 2.45) is 0 Å². The molecule has 3 heteroatoms. The SMILES string of the molecule is Cc1cc(C)cc(N2C(=O)CC(c3cccc4ccccc34)C3=C2CCCC3=O)c1. The van der Waals surface area contributed by atoms with Crippen molar-refractivity contribution in [2.75, 3.05) is 4.90 Å². The van der Waals surface area contributed by atoms with Gasteiger partial charge in [-0.05, 0) is 66.3 Å². The van der Waals surface area contributed by atoms with Gasteiger partial charge < -0.3 is 0 Å². The number of Topliss-reactive ketones (excluding diaryl/α,β-unsaturated/α-hetero) is 1. The number of rotatable bonds is 2. The molecule has 0 saturated heterocycles. The van der Waals surface area contributed by atoms with Crippen LogP contribution in [-0.2, 0) is 9.59 Å². The van der Waals surface area contributed by atoms with Crippen molar-refractivity contribution in [3.05, 3.63) is 88.6 Å². The molecule has 1 aliphatic heterocycles. The molecule has 0 saturated carbocycles. The van der Waals surface area contributed by atoms with E-state index in [0.29, 0.717) is 12.8 Å². The van der Waals surface area contributed by atoms with Crippen LogP contribution in [0.15, 0.2) is 71.9 Å². The molecule has 3 nitrogen and oxygen atoms in total. The van der Waals surface area contributed by atoms with Gasteiger partial charge in [0.15, 0.2) is 5.78 Å². The molecule has 3 aromatic carbocycles. The van der Waals surface area contributed by atoms with Crippen LogP contribution in [0.5, 0.6) is 0 Å². The fourth-order valence-corrected chi connectivity index (χ4v) is 5.19. The van der Waals surface area contributed by atoms with Crippen molar-refractivity contribution in [3.8, 4) is 0 Å². The molecule has 0 aromatic heterocycles. The van der Waals surface area contributed by atoms with E-state index >= 15 is 0 Å². The number of hydrogen-bond acceptors (Lipinski definition) is 2. The molecular formula is C27H25NO2. The highest BCUT2D eigenvalue weighted by atomic mass is 16.2. The van der Waals surface area contributed by atoms with Gasteiger partial charge in [-0.25, -0.2) is 0 Å². The molecule has 1 heterocycles. The molecule has 1 amide bonds. The number of hydrogen-bond donors (Lipinski definition) is 0. The van der Waals surface area contributed by atoms with Gasteiger partial charge in [0.2, 0.25) is 5.91 Å². The van der Waals surface area contributed by atoms with E-state index in [4.69, 9.17) is 0 Å². The normalized spacial score (nSPS) is 19.4. The summed E-state index contributed by atoms with van der Waals surface area (Å²) >= 11 is 0. The minimum absolute atomic E-state index is 0.0754. The molecule has 30 heavy (non-hydrogen) atoms. The van der Waals surface area contributed by atoms with Crippen molar-refractivity contribution in [1.29, 1.82) is 0 Å². The van der Waals surface area contributed by atoms with Crippen LogP contribution in [0.2, 0.25) is 0 Å². The summed E-state index contributed by atoms with van der Waals surface area (Å²) < 4.78 is 0. The Hall–Kier alpha value is -3.20. The molecule has 0 N–H and O–H groups in total. The number of ketones is 1. The maximum Gasteiger partial charge on any atom is 0.232 e. The second-order valence-corrected chi connectivity index (χ2v) is 8.54. The molecule has 3 aromatic rings. The average molecular weight is 396 g/mol. The van der Waals surface area contributed by atoms with Gasteiger partial charge in [0.25, 0.3) is 0 Å². The van der Waals surface area contributed by atoms with Crippen LogP contribution >= 0.6 is 0 Å². The number of carbonyl (C=O) groups is 2. The first-order chi connectivity index (χ1) is 14.5. The van der Waals surface area contributed by atoms with Crippen LogP contribution in [0.4, 0.5) is 5.69 Å². The summed E-state index contributed by atoms with van der Waals surface area (Å²) in [7, 11) is 0. The van der Waals surface area contributed by atoms with Crippen molar-refractivity contribution >= 4 is 28.2 Å². The lowest BCUT2D eigenvalue weighted by molar-refractivity contribution is -0.119. The zero-order chi connectivity index (χ0) is 20.8. The largest absolute Gasteiger partial charge is 0.294 e. The van der Waals surface area contributed by atoms with Crippen LogP contribution < -0.4 is 4.90 Å². The Morgan fingerprint density at radius 3 is 2.40 bits per heavy atom. The van der Waals surface area contributed by atoms with Gasteiger partial charge in [-0.2, -0.15) is 0 Å². The topological polar surface area (TPSA) is 37.4 Å². The molecule has 2 aliphatic rings. The van der Waals surface area contributed by atoms with Crippen LogP contribution in [0.3, 0.4) is 0 Å². The lowest BCUT2D eigenvalue weighted by Gasteiger charge is -2.38. The number of allylic oxidation sites excluding steroid dienone is 2. The van der Waals surface area contributed by atoms with E-state index in [2.05, 4.69) is 30.3 Å². The Morgan fingerprint density at radius 1 is 0.867 bits per heavy atom. The maximum atomic E-state index is 13.5. The van der Waals surface area contributed by atoms with E-state index < -0.39 is 0 Å². The van der Waals surface area contributed by atoms with Gasteiger partial charge >= 0.3 is 0 Å². The molecule has 0 spiro atoms. The summed E-state index contributed by atoms with van der Waals surface area (Å²) in [6.07, 6.45) is 2.45. The smallest absolute Gasteiger partial charge is 0.232 e. The van der Waals surface area contributed by atoms with Crippen molar-refractivity contribution in [3.63, 3.8) is 0 Å². The van der Waals surface area contributed by atoms with E-state index in [1.165, 1.54) is 0 Å². The third-order valence-corrected chi connectivity index (χ3v) is 6.34. The van der Waals surface area contributed by atoms with Gasteiger partial charge in [0.1, 0.15) is 0 Å². The molecular weight excluding hydrogens is 370 g/mol. The second-order valence-electron chi connectivity index (χ2n) is 8.54. The number of benzene rings is 3. The van der Waals surface area contributed by atoms with Gasteiger partial charge in [-0.3, -0.25) is 14.5 Å². The average Bonchev–Trinajstić information content (AvgIpc) is 2.72. The standard InChI is InChI=1S/C27H25NO2/c1-17-13-18(2)15-20(14-17)28-24-11-6-12-25(29)27(24)23(16-26(28)30)22-10-5-8-19-7-3-4-9-21(19)22/h3-5,7-10,13-15,23H,6,11-12,16H2,1-2H3. The lowest BCUT2D eigenvalue weighted by atomic mass is 9.76. The van der Waals surface area contributed by atoms with Crippen LogP contribution in [0, 0.1) is 13.8 Å². The first-order valence-corrected chi connectivity index (χ1v) is 10.7. The summed E-state index contributed by atoms with van der Waals surface area (Å²) in [5.41, 5.74) is 5.97. The van der Waals surface area contributed by atoms with Gasteiger partial charge in [0, 0.05) is 35.7 Å². The number of aryl methyl sites for hydroxylation is 2. The van der Waals surface area contributed by atoms with E-state index in [1.54, 1.807) is 0 Å². The third kappa shape index (κ3) is 3.06. The summed E-state index contributed by atoms with van der Waals surface area (Å²) in [4.78, 5) is 28.5. The van der Waals surface area contributed by atoms with Crippen LogP contribution in [0.1, 0.15) is 48.3 Å². The van der Waals surface area contributed by atoms with E-state index in [1.807, 2.05) is 49.1 Å². The fourth-order valence-electron chi connectivity index (χ4n) is 5.19. The predicted molar refractivity (Wildman–Crippen MR) is 121 cm³/mol. The Bertz CT molecular complexity index is 1200. The molecule has 0 fully saturated rings. The molecule has 1 atom stereocenters. The Labute approximate surface area is 177 Å². The molecule has 1 unspecified atom stereocenters. The van der Waals surface area contributed by atoms with E-state index in [0.717, 1.165) is 57.3 Å². The van der Waals surface area contributed by atoms with Gasteiger partial charge in [-0.1, -0.05) is 48.5 Å². The number of anilines is 1. The quantitative estimate of drug-likeness (QED) is 0.535. The predicted octanol–water partition coefficient (Wildman–Crippen LogP) is 5.98. The Morgan fingerprint density at radius 2 is 1.60 bits per heavy atom. The number of carbonyl (C=O) groups excluding carboxylic acids is 2. The van der Waals surface area contributed by atoms with Crippen molar-refractivity contribution in [2.45, 2.75) is 45.4 Å². The highest BCUT2D eigenvalue weighted by Crippen LogP contribution is 2.45. The molecule has 0 radical (unpaired) electrons. The lowest BCUT2D eigenvalue weighted by Crippen LogP contribution is -2.40. The zero-order valence-corrected chi connectivity index (χ0v) is 17.4. The minimum atomic E-state index is -0.173. The van der Waals surface area contributed by atoms with E-state index in [-0.39, 0.29) is 17.6 Å². The monoisotopic (exact) mass is 395 g/mol. The van der Waals surface area contributed by atoms with Crippen molar-refractivity contribution < 1.29 is 9.59 Å². The first kappa shape index (κ1) is 18.8. The molecule has 150 valence electrons. The van der Waals surface area contributed by atoms with E-state index in [9.17, 15) is 9.59 Å². The molecule has 1 aliphatic carbocycles. The highest BCUT2D eigenvalue weighted by molar-refractivity contribution is 6.08. The summed E-state index contributed by atoms with van der Waals surface area (Å²) in [5.74, 6) is 0.0935. The summed E-state index contributed by atoms with van der Waals surface area (Å²) in [5, 5.41) is 2.27. The summed E-state index contributed by atoms with van der Waals surface area (Å²) in [6, 6.07) is 20.6. The summed E-state index contributed by atoms with van der Waals surface area (Å²) in [6.45, 7) is 4.09. The first-order valence-electron chi connectivity index (χ1n) is 10.7. The maximum absolute atomic E-state index is 13.5. The third-order valence-electron chi connectivity index (χ3n) is 6.34. The highest BCUT2D eigenvalue weighted by Gasteiger charge is 2.40. The zero-order valence-electron chi connectivity index (χ0n) is 17.4. The van der Waals surface area contributed by atoms with Crippen LogP contribution in [-0.4, -0.2) is 11.7 Å². The minimum Gasteiger partial charge on any atom is -0.294 e.